The minimum atomic E-state index is 0.348. The maximum Gasteiger partial charge on any atom is 0.0419 e. The standard InChI is InChI=1S/C17H19BrN2/c1-12(13-5-7-16(18)8-6-13)20-11-15-4-2-3-14-9-10-19-17(14)15/h2-8,12,19-20H,9-11H2,1H3/t12-/m0/s1. The van der Waals surface area contributed by atoms with Crippen LogP contribution in [0.2, 0.25) is 0 Å². The summed E-state index contributed by atoms with van der Waals surface area (Å²) in [5.74, 6) is 0. The maximum absolute atomic E-state index is 3.61. The van der Waals surface area contributed by atoms with Crippen LogP contribution in [0.4, 0.5) is 5.69 Å². The molecule has 1 heterocycles. The second-order valence-electron chi connectivity index (χ2n) is 5.28. The molecule has 20 heavy (non-hydrogen) atoms. The molecule has 0 radical (unpaired) electrons. The summed E-state index contributed by atoms with van der Waals surface area (Å²) in [5.41, 5.74) is 5.46. The first-order valence-corrected chi connectivity index (χ1v) is 7.87. The first-order valence-electron chi connectivity index (χ1n) is 7.07. The molecule has 0 saturated carbocycles. The van der Waals surface area contributed by atoms with E-state index in [1.54, 1.807) is 0 Å². The lowest BCUT2D eigenvalue weighted by atomic mass is 10.1. The van der Waals surface area contributed by atoms with Crippen LogP contribution in [0.3, 0.4) is 0 Å². The Morgan fingerprint density at radius 3 is 2.80 bits per heavy atom. The van der Waals surface area contributed by atoms with Gasteiger partial charge in [0, 0.05) is 29.3 Å². The summed E-state index contributed by atoms with van der Waals surface area (Å²) >= 11 is 3.48. The fourth-order valence-corrected chi connectivity index (χ4v) is 2.95. The normalized spacial score (nSPS) is 14.7. The fourth-order valence-electron chi connectivity index (χ4n) is 2.69. The quantitative estimate of drug-likeness (QED) is 0.874. The smallest absolute Gasteiger partial charge is 0.0419 e. The highest BCUT2D eigenvalue weighted by molar-refractivity contribution is 9.10. The van der Waals surface area contributed by atoms with E-state index in [4.69, 9.17) is 0 Å². The van der Waals surface area contributed by atoms with Gasteiger partial charge in [0.05, 0.1) is 0 Å². The molecule has 0 aromatic heterocycles. The van der Waals surface area contributed by atoms with Crippen molar-refractivity contribution in [1.29, 1.82) is 0 Å². The van der Waals surface area contributed by atoms with Gasteiger partial charge in [0.2, 0.25) is 0 Å². The van der Waals surface area contributed by atoms with E-state index in [1.807, 2.05) is 0 Å². The Hall–Kier alpha value is -1.32. The summed E-state index contributed by atoms with van der Waals surface area (Å²) in [4.78, 5) is 0. The Bertz CT molecular complexity index is 592. The van der Waals surface area contributed by atoms with Gasteiger partial charge in [-0.2, -0.15) is 0 Å². The first-order chi connectivity index (χ1) is 9.74. The molecule has 1 aliphatic heterocycles. The molecule has 3 heteroatoms. The highest BCUT2D eigenvalue weighted by Gasteiger charge is 2.14. The van der Waals surface area contributed by atoms with Gasteiger partial charge in [-0.15, -0.1) is 0 Å². The molecule has 0 amide bonds. The third kappa shape index (κ3) is 2.89. The van der Waals surface area contributed by atoms with E-state index in [-0.39, 0.29) is 0 Å². The largest absolute Gasteiger partial charge is 0.384 e. The van der Waals surface area contributed by atoms with Crippen molar-refractivity contribution >= 4 is 21.6 Å². The predicted octanol–water partition coefficient (Wildman–Crippen LogP) is 4.27. The molecule has 2 aromatic rings. The Kier molecular flexibility index (Phi) is 4.08. The van der Waals surface area contributed by atoms with Crippen LogP contribution in [0.15, 0.2) is 46.9 Å². The molecule has 2 aromatic carbocycles. The zero-order valence-corrected chi connectivity index (χ0v) is 13.2. The molecule has 0 bridgehead atoms. The number of para-hydroxylation sites is 1. The zero-order valence-electron chi connectivity index (χ0n) is 11.6. The van der Waals surface area contributed by atoms with Crippen LogP contribution < -0.4 is 10.6 Å². The van der Waals surface area contributed by atoms with Crippen molar-refractivity contribution in [3.63, 3.8) is 0 Å². The predicted molar refractivity (Wildman–Crippen MR) is 88.0 cm³/mol. The van der Waals surface area contributed by atoms with Gasteiger partial charge in [0.1, 0.15) is 0 Å². The maximum atomic E-state index is 3.61. The summed E-state index contributed by atoms with van der Waals surface area (Å²) < 4.78 is 1.12. The Balaban J connectivity index is 1.68. The third-order valence-electron chi connectivity index (χ3n) is 3.90. The van der Waals surface area contributed by atoms with Crippen molar-refractivity contribution in [1.82, 2.24) is 5.32 Å². The molecule has 3 rings (SSSR count). The summed E-state index contributed by atoms with van der Waals surface area (Å²) in [6.45, 7) is 4.17. The van der Waals surface area contributed by atoms with Crippen molar-refractivity contribution in [3.05, 3.63) is 63.6 Å². The molecule has 0 unspecified atom stereocenters. The molecule has 104 valence electrons. The van der Waals surface area contributed by atoms with E-state index in [2.05, 4.69) is 76.0 Å². The van der Waals surface area contributed by atoms with Gasteiger partial charge in [-0.05, 0) is 42.2 Å². The number of halogens is 1. The van der Waals surface area contributed by atoms with Crippen LogP contribution in [0.25, 0.3) is 0 Å². The second-order valence-corrected chi connectivity index (χ2v) is 6.20. The van der Waals surface area contributed by atoms with Crippen molar-refractivity contribution in [2.24, 2.45) is 0 Å². The summed E-state index contributed by atoms with van der Waals surface area (Å²) in [7, 11) is 0. The van der Waals surface area contributed by atoms with E-state index < -0.39 is 0 Å². The third-order valence-corrected chi connectivity index (χ3v) is 4.43. The van der Waals surface area contributed by atoms with Crippen LogP contribution in [0.1, 0.15) is 29.7 Å². The number of hydrogen-bond donors (Lipinski definition) is 2. The molecular formula is C17H19BrN2. The van der Waals surface area contributed by atoms with Crippen molar-refractivity contribution in [2.45, 2.75) is 25.9 Å². The molecule has 2 N–H and O–H groups in total. The summed E-state index contributed by atoms with van der Waals surface area (Å²) in [5, 5.41) is 7.10. The highest BCUT2D eigenvalue weighted by atomic mass is 79.9. The highest BCUT2D eigenvalue weighted by Crippen LogP contribution is 2.27. The minimum absolute atomic E-state index is 0.348. The molecule has 1 aliphatic rings. The molecule has 1 atom stereocenters. The minimum Gasteiger partial charge on any atom is -0.384 e. The van der Waals surface area contributed by atoms with E-state index in [0.717, 1.165) is 24.0 Å². The van der Waals surface area contributed by atoms with Crippen molar-refractivity contribution < 1.29 is 0 Å². The van der Waals surface area contributed by atoms with Crippen LogP contribution in [-0.2, 0) is 13.0 Å². The SMILES string of the molecule is C[C@H](NCc1cccc2c1NCC2)c1ccc(Br)cc1. The van der Waals surface area contributed by atoms with Crippen LogP contribution in [-0.4, -0.2) is 6.54 Å². The number of nitrogens with one attached hydrogen (secondary N) is 2. The second kappa shape index (κ2) is 5.98. The van der Waals surface area contributed by atoms with Crippen LogP contribution in [0.5, 0.6) is 0 Å². The first kappa shape index (κ1) is 13.7. The number of benzene rings is 2. The lowest BCUT2D eigenvalue weighted by Gasteiger charge is -2.16. The molecule has 0 aliphatic carbocycles. The van der Waals surface area contributed by atoms with E-state index in [0.29, 0.717) is 6.04 Å². The zero-order chi connectivity index (χ0) is 13.9. The van der Waals surface area contributed by atoms with E-state index in [9.17, 15) is 0 Å². The monoisotopic (exact) mass is 330 g/mol. The van der Waals surface area contributed by atoms with Crippen LogP contribution in [0, 0.1) is 0 Å². The van der Waals surface area contributed by atoms with Crippen molar-refractivity contribution in [2.75, 3.05) is 11.9 Å². The lowest BCUT2D eigenvalue weighted by Crippen LogP contribution is -2.18. The van der Waals surface area contributed by atoms with Crippen LogP contribution >= 0.6 is 15.9 Å². The number of fused-ring (bicyclic) bond motifs is 1. The lowest BCUT2D eigenvalue weighted by molar-refractivity contribution is 0.575. The van der Waals surface area contributed by atoms with Crippen molar-refractivity contribution in [3.8, 4) is 0 Å². The number of hydrogen-bond acceptors (Lipinski definition) is 2. The van der Waals surface area contributed by atoms with Gasteiger partial charge >= 0.3 is 0 Å². The topological polar surface area (TPSA) is 24.1 Å². The number of rotatable bonds is 4. The molecule has 0 fully saturated rings. The van der Waals surface area contributed by atoms with Gasteiger partial charge in [-0.1, -0.05) is 46.3 Å². The van der Waals surface area contributed by atoms with Gasteiger partial charge < -0.3 is 10.6 Å². The molecular weight excluding hydrogens is 312 g/mol. The van der Waals surface area contributed by atoms with E-state index in [1.165, 1.54) is 22.4 Å². The van der Waals surface area contributed by atoms with Gasteiger partial charge in [0.15, 0.2) is 0 Å². The Morgan fingerprint density at radius 1 is 1.20 bits per heavy atom. The van der Waals surface area contributed by atoms with Gasteiger partial charge in [0.25, 0.3) is 0 Å². The summed E-state index contributed by atoms with van der Waals surface area (Å²) in [6.07, 6.45) is 1.14. The summed E-state index contributed by atoms with van der Waals surface area (Å²) in [6, 6.07) is 15.4. The average Bonchev–Trinajstić information content (AvgIpc) is 2.94. The molecule has 0 saturated heterocycles. The Morgan fingerprint density at radius 2 is 2.00 bits per heavy atom. The molecule has 2 nitrogen and oxygen atoms in total. The van der Waals surface area contributed by atoms with Gasteiger partial charge in [-0.3, -0.25) is 0 Å². The Labute approximate surface area is 128 Å². The van der Waals surface area contributed by atoms with Gasteiger partial charge in [-0.25, -0.2) is 0 Å². The van der Waals surface area contributed by atoms with E-state index >= 15 is 0 Å². The molecule has 0 spiro atoms. The fraction of sp³-hybridized carbons (Fsp3) is 0.294. The average molecular weight is 331 g/mol. The number of anilines is 1.